The predicted molar refractivity (Wildman–Crippen MR) is 58.4 cm³/mol. The molecule has 124 valence electrons. The fourth-order valence-corrected chi connectivity index (χ4v) is 1.49. The summed E-state index contributed by atoms with van der Waals surface area (Å²) in [5.41, 5.74) is -2.82. The highest BCUT2D eigenvalue weighted by Gasteiger charge is 2.44. The van der Waals surface area contributed by atoms with Crippen LogP contribution < -0.4 is 9.47 Å². The first kappa shape index (κ1) is 17.9. The van der Waals surface area contributed by atoms with E-state index in [1.807, 2.05) is 0 Å². The first-order valence-electron chi connectivity index (χ1n) is 5.58. The van der Waals surface area contributed by atoms with Gasteiger partial charge in [-0.05, 0) is 6.92 Å². The number of ether oxygens (including phenoxy) is 3. The molecule has 0 spiro atoms. The van der Waals surface area contributed by atoms with Crippen LogP contribution in [0.3, 0.4) is 0 Å². The number of hydrogen-bond acceptors (Lipinski definition) is 5. The molecule has 0 aliphatic heterocycles. The summed E-state index contributed by atoms with van der Waals surface area (Å²) in [6.07, 6.45) is -10.5. The van der Waals surface area contributed by atoms with Crippen molar-refractivity contribution >= 4 is 5.97 Å². The van der Waals surface area contributed by atoms with E-state index in [1.54, 1.807) is 0 Å². The Morgan fingerprint density at radius 1 is 1.23 bits per heavy atom. The molecule has 1 heterocycles. The maximum absolute atomic E-state index is 13.0. The summed E-state index contributed by atoms with van der Waals surface area (Å²) in [5, 5.41) is 0. The molecule has 0 radical (unpaired) electrons. The average Bonchev–Trinajstić information content (AvgIpc) is 2.34. The summed E-state index contributed by atoms with van der Waals surface area (Å²) in [4.78, 5) is 14.7. The fourth-order valence-electron chi connectivity index (χ4n) is 1.49. The Kier molecular flexibility index (Phi) is 5.09. The molecule has 0 fully saturated rings. The van der Waals surface area contributed by atoms with Crippen molar-refractivity contribution in [3.05, 3.63) is 17.5 Å². The topological polar surface area (TPSA) is 57.7 Å². The van der Waals surface area contributed by atoms with Gasteiger partial charge in [0.2, 0.25) is 0 Å². The molecule has 5 nitrogen and oxygen atoms in total. The van der Waals surface area contributed by atoms with Crippen LogP contribution in [-0.4, -0.2) is 31.0 Å². The number of rotatable bonds is 4. The number of nitrogens with zero attached hydrogens (tertiary/aromatic N) is 1. The molecule has 0 bridgehead atoms. The summed E-state index contributed by atoms with van der Waals surface area (Å²) < 4.78 is 87.6. The van der Waals surface area contributed by atoms with Gasteiger partial charge in [0.25, 0.3) is 0 Å². The van der Waals surface area contributed by atoms with Crippen LogP contribution in [0.2, 0.25) is 0 Å². The van der Waals surface area contributed by atoms with E-state index in [4.69, 9.17) is 0 Å². The molecule has 0 aliphatic rings. The molecule has 1 aromatic rings. The second-order valence-electron chi connectivity index (χ2n) is 3.65. The SMILES string of the molecule is CCOC(=O)c1ncc(OC(F)(F)F)c(C(F)(F)F)c1OC. The standard InChI is InChI=1S/C11H9F6NO4/c1-3-21-9(19)7-8(20-2)6(10(12,13)14)5(4-18-7)22-11(15,16)17/h4H,3H2,1-2H3. The van der Waals surface area contributed by atoms with E-state index in [2.05, 4.69) is 19.2 Å². The molecule has 0 unspecified atom stereocenters. The van der Waals surface area contributed by atoms with Crippen LogP contribution in [0.4, 0.5) is 26.3 Å². The Balaban J connectivity index is 3.54. The average molecular weight is 333 g/mol. The molecule has 0 saturated carbocycles. The van der Waals surface area contributed by atoms with Crippen LogP contribution in [0.25, 0.3) is 0 Å². The number of carbonyl (C=O) groups excluding carboxylic acids is 1. The first-order chi connectivity index (χ1) is 10.0. The van der Waals surface area contributed by atoms with Gasteiger partial charge in [0.05, 0.1) is 19.9 Å². The lowest BCUT2D eigenvalue weighted by atomic mass is 10.1. The lowest BCUT2D eigenvalue weighted by Crippen LogP contribution is -2.22. The van der Waals surface area contributed by atoms with E-state index in [9.17, 15) is 31.1 Å². The fraction of sp³-hybridized carbons (Fsp3) is 0.455. The molecule has 0 atom stereocenters. The van der Waals surface area contributed by atoms with E-state index in [0.717, 1.165) is 7.11 Å². The maximum atomic E-state index is 13.0. The zero-order valence-electron chi connectivity index (χ0n) is 11.1. The van der Waals surface area contributed by atoms with Crippen molar-refractivity contribution in [2.75, 3.05) is 13.7 Å². The second kappa shape index (κ2) is 6.28. The summed E-state index contributed by atoms with van der Waals surface area (Å²) >= 11 is 0. The zero-order chi connectivity index (χ0) is 17.1. The van der Waals surface area contributed by atoms with Crippen molar-refractivity contribution in [3.8, 4) is 11.5 Å². The Labute approximate surface area is 119 Å². The highest BCUT2D eigenvalue weighted by atomic mass is 19.4. The molecule has 0 amide bonds. The second-order valence-corrected chi connectivity index (χ2v) is 3.65. The molecule has 11 heteroatoms. The molecule has 22 heavy (non-hydrogen) atoms. The summed E-state index contributed by atoms with van der Waals surface area (Å²) in [6, 6.07) is 0. The van der Waals surface area contributed by atoms with E-state index < -0.39 is 41.3 Å². The molecular weight excluding hydrogens is 324 g/mol. The molecule has 1 aromatic heterocycles. The van der Waals surface area contributed by atoms with E-state index >= 15 is 0 Å². The minimum absolute atomic E-state index is 0.130. The number of esters is 1. The summed E-state index contributed by atoms with van der Waals surface area (Å²) in [7, 11) is 0.742. The molecule has 0 saturated heterocycles. The van der Waals surface area contributed by atoms with E-state index in [1.165, 1.54) is 6.92 Å². The third-order valence-corrected chi connectivity index (χ3v) is 2.18. The summed E-state index contributed by atoms with van der Waals surface area (Å²) in [5.74, 6) is -4.12. The normalized spacial score (nSPS) is 12.0. The first-order valence-corrected chi connectivity index (χ1v) is 5.58. The van der Waals surface area contributed by atoms with Gasteiger partial charge < -0.3 is 14.2 Å². The van der Waals surface area contributed by atoms with Crippen LogP contribution in [-0.2, 0) is 10.9 Å². The number of hydrogen-bond donors (Lipinski definition) is 0. The van der Waals surface area contributed by atoms with Crippen LogP contribution in [0.1, 0.15) is 23.0 Å². The Morgan fingerprint density at radius 3 is 2.23 bits per heavy atom. The van der Waals surface area contributed by atoms with Crippen LogP contribution in [0.5, 0.6) is 11.5 Å². The zero-order valence-corrected chi connectivity index (χ0v) is 11.1. The number of pyridine rings is 1. The lowest BCUT2D eigenvalue weighted by Gasteiger charge is -2.19. The Hall–Kier alpha value is -2.20. The smallest absolute Gasteiger partial charge is 0.493 e. The highest BCUT2D eigenvalue weighted by Crippen LogP contribution is 2.44. The van der Waals surface area contributed by atoms with Gasteiger partial charge in [-0.2, -0.15) is 13.2 Å². The Bertz CT molecular complexity index is 555. The number of aromatic nitrogens is 1. The highest BCUT2D eigenvalue weighted by molar-refractivity contribution is 5.91. The monoisotopic (exact) mass is 333 g/mol. The summed E-state index contributed by atoms with van der Waals surface area (Å²) in [6.45, 7) is 1.21. The third kappa shape index (κ3) is 4.15. The molecule has 0 N–H and O–H groups in total. The van der Waals surface area contributed by atoms with Gasteiger partial charge in [-0.3, -0.25) is 0 Å². The maximum Gasteiger partial charge on any atom is 0.573 e. The lowest BCUT2D eigenvalue weighted by molar-refractivity contribution is -0.276. The molecule has 0 aromatic carbocycles. The minimum atomic E-state index is -5.38. The number of alkyl halides is 6. The van der Waals surface area contributed by atoms with Crippen molar-refractivity contribution < 1.29 is 45.3 Å². The van der Waals surface area contributed by atoms with Gasteiger partial charge in [0, 0.05) is 0 Å². The van der Waals surface area contributed by atoms with Crippen molar-refractivity contribution in [2.24, 2.45) is 0 Å². The number of methoxy groups -OCH3 is 1. The van der Waals surface area contributed by atoms with Crippen molar-refractivity contribution in [1.82, 2.24) is 4.98 Å². The van der Waals surface area contributed by atoms with Crippen LogP contribution in [0, 0.1) is 0 Å². The Morgan fingerprint density at radius 2 is 1.82 bits per heavy atom. The van der Waals surface area contributed by atoms with Gasteiger partial charge in [-0.15, -0.1) is 13.2 Å². The largest absolute Gasteiger partial charge is 0.573 e. The number of carbonyl (C=O) groups is 1. The van der Waals surface area contributed by atoms with Gasteiger partial charge in [0.1, 0.15) is 5.56 Å². The van der Waals surface area contributed by atoms with Gasteiger partial charge >= 0.3 is 18.5 Å². The van der Waals surface area contributed by atoms with Gasteiger partial charge in [0.15, 0.2) is 17.2 Å². The third-order valence-electron chi connectivity index (χ3n) is 2.18. The van der Waals surface area contributed by atoms with Crippen molar-refractivity contribution in [1.29, 1.82) is 0 Å². The molecule has 0 aliphatic carbocycles. The van der Waals surface area contributed by atoms with Crippen molar-refractivity contribution in [2.45, 2.75) is 19.5 Å². The van der Waals surface area contributed by atoms with Crippen molar-refractivity contribution in [3.63, 3.8) is 0 Å². The molecular formula is C11H9F6NO4. The van der Waals surface area contributed by atoms with Crippen LogP contribution >= 0.6 is 0 Å². The van der Waals surface area contributed by atoms with Gasteiger partial charge in [-0.25, -0.2) is 9.78 Å². The van der Waals surface area contributed by atoms with E-state index in [0.29, 0.717) is 0 Å². The van der Waals surface area contributed by atoms with E-state index in [-0.39, 0.29) is 12.8 Å². The quantitative estimate of drug-likeness (QED) is 0.626. The number of halogens is 6. The minimum Gasteiger partial charge on any atom is -0.493 e. The van der Waals surface area contributed by atoms with Crippen LogP contribution in [0.15, 0.2) is 6.20 Å². The molecule has 1 rings (SSSR count). The predicted octanol–water partition coefficient (Wildman–Crippen LogP) is 3.18. The van der Waals surface area contributed by atoms with Gasteiger partial charge in [-0.1, -0.05) is 0 Å².